The lowest BCUT2D eigenvalue weighted by atomic mass is 9.47. The molecule has 0 aromatic carbocycles. The minimum absolute atomic E-state index is 0.134. The predicted octanol–water partition coefficient (Wildman–Crippen LogP) is 6.42. The normalized spacial score (nSPS) is 45.1. The van der Waals surface area contributed by atoms with E-state index in [0.29, 0.717) is 11.3 Å². The summed E-state index contributed by atoms with van der Waals surface area (Å²) in [6, 6.07) is 0. The Morgan fingerprint density at radius 1 is 1.00 bits per heavy atom. The number of ether oxygens (including phenoxy) is 3. The molecule has 14 unspecified atom stereocenters. The topological polar surface area (TPSA) is 105 Å². The molecular formula is C37H62O7. The Labute approximate surface area is 266 Å². The van der Waals surface area contributed by atoms with Gasteiger partial charge in [-0.15, -0.1) is 0 Å². The summed E-state index contributed by atoms with van der Waals surface area (Å²) in [5, 5.41) is 31.5. The van der Waals surface area contributed by atoms with Crippen molar-refractivity contribution >= 4 is 5.97 Å². The van der Waals surface area contributed by atoms with Gasteiger partial charge in [-0.05, 0) is 110 Å². The van der Waals surface area contributed by atoms with Crippen LogP contribution in [0.25, 0.3) is 0 Å². The molecule has 5 aliphatic rings. The van der Waals surface area contributed by atoms with Crippen molar-refractivity contribution in [2.24, 2.45) is 52.3 Å². The van der Waals surface area contributed by atoms with E-state index >= 15 is 0 Å². The lowest BCUT2D eigenvalue weighted by molar-refractivity contribution is -0.313. The molecule has 1 heterocycles. The Balaban J connectivity index is 1.22. The SMILES string of the molecule is CCC(CCC(C)C1CCC2C3CC=C4CC(OC5OC(COC(C)=O)C(O)C(O)C5O)CCC4(C)C3CCC12C)C(C)C. The maximum Gasteiger partial charge on any atom is 0.302 e. The third-order valence-corrected chi connectivity index (χ3v) is 13.7. The molecule has 1 aliphatic heterocycles. The van der Waals surface area contributed by atoms with E-state index in [9.17, 15) is 20.1 Å². The fourth-order valence-electron chi connectivity index (χ4n) is 11.0. The van der Waals surface area contributed by atoms with E-state index < -0.39 is 36.7 Å². The van der Waals surface area contributed by atoms with E-state index in [0.717, 1.165) is 61.2 Å². The van der Waals surface area contributed by atoms with Gasteiger partial charge in [-0.3, -0.25) is 4.79 Å². The van der Waals surface area contributed by atoms with Crippen molar-refractivity contribution in [1.82, 2.24) is 0 Å². The Bertz CT molecular complexity index is 1030. The summed E-state index contributed by atoms with van der Waals surface area (Å²) < 4.78 is 17.2. The van der Waals surface area contributed by atoms with Crippen LogP contribution in [-0.4, -0.2) is 64.7 Å². The minimum Gasteiger partial charge on any atom is -0.463 e. The highest BCUT2D eigenvalue weighted by Crippen LogP contribution is 2.67. The van der Waals surface area contributed by atoms with Crippen LogP contribution >= 0.6 is 0 Å². The minimum atomic E-state index is -1.43. The summed E-state index contributed by atoms with van der Waals surface area (Å²) in [4.78, 5) is 11.3. The number of rotatable bonds is 10. The zero-order chi connectivity index (χ0) is 32.0. The van der Waals surface area contributed by atoms with Crippen LogP contribution in [0.5, 0.6) is 0 Å². The van der Waals surface area contributed by atoms with E-state index in [4.69, 9.17) is 14.2 Å². The molecule has 14 atom stereocenters. The zero-order valence-electron chi connectivity index (χ0n) is 28.5. The molecule has 3 N–H and O–H groups in total. The second-order valence-electron chi connectivity index (χ2n) is 16.3. The van der Waals surface area contributed by atoms with Crippen molar-refractivity contribution in [3.8, 4) is 0 Å². The van der Waals surface area contributed by atoms with Crippen molar-refractivity contribution in [3.63, 3.8) is 0 Å². The number of aliphatic hydroxyl groups is 3. The van der Waals surface area contributed by atoms with Gasteiger partial charge >= 0.3 is 5.97 Å². The number of esters is 1. The lowest BCUT2D eigenvalue weighted by Crippen LogP contribution is -2.60. The molecule has 3 saturated carbocycles. The van der Waals surface area contributed by atoms with Crippen LogP contribution in [0.3, 0.4) is 0 Å². The van der Waals surface area contributed by atoms with Crippen molar-refractivity contribution in [2.75, 3.05) is 6.61 Å². The van der Waals surface area contributed by atoms with Gasteiger partial charge in [0.15, 0.2) is 6.29 Å². The van der Waals surface area contributed by atoms with Gasteiger partial charge in [-0.2, -0.15) is 0 Å². The molecule has 0 aromatic heterocycles. The summed E-state index contributed by atoms with van der Waals surface area (Å²) in [6.45, 7) is 15.9. The second-order valence-corrected chi connectivity index (χ2v) is 16.3. The molecule has 5 rings (SSSR count). The molecule has 7 heteroatoms. The van der Waals surface area contributed by atoms with E-state index in [1.807, 2.05) is 0 Å². The lowest BCUT2D eigenvalue weighted by Gasteiger charge is -2.58. The number of allylic oxidation sites excluding steroid dienone is 1. The molecule has 4 aliphatic carbocycles. The highest BCUT2D eigenvalue weighted by molar-refractivity contribution is 5.65. The highest BCUT2D eigenvalue weighted by atomic mass is 16.7. The van der Waals surface area contributed by atoms with Gasteiger partial charge in [0.05, 0.1) is 6.10 Å². The summed E-state index contributed by atoms with van der Waals surface area (Å²) in [7, 11) is 0. The van der Waals surface area contributed by atoms with Crippen molar-refractivity contribution in [2.45, 2.75) is 156 Å². The van der Waals surface area contributed by atoms with E-state index in [1.54, 1.807) is 0 Å². The molecule has 44 heavy (non-hydrogen) atoms. The van der Waals surface area contributed by atoms with Crippen molar-refractivity contribution in [3.05, 3.63) is 11.6 Å². The predicted molar refractivity (Wildman–Crippen MR) is 170 cm³/mol. The Kier molecular flexibility index (Phi) is 10.6. The summed E-state index contributed by atoms with van der Waals surface area (Å²) in [5.74, 6) is 5.08. The Hall–Kier alpha value is -0.990. The van der Waals surface area contributed by atoms with Gasteiger partial charge in [-0.1, -0.05) is 66.0 Å². The van der Waals surface area contributed by atoms with Gasteiger partial charge in [0, 0.05) is 6.92 Å². The fourth-order valence-corrected chi connectivity index (χ4v) is 11.0. The van der Waals surface area contributed by atoms with Crippen LogP contribution in [-0.2, 0) is 19.0 Å². The van der Waals surface area contributed by atoms with Gasteiger partial charge in [-0.25, -0.2) is 0 Å². The molecule has 0 bridgehead atoms. The van der Waals surface area contributed by atoms with Crippen molar-refractivity contribution in [1.29, 1.82) is 0 Å². The van der Waals surface area contributed by atoms with Gasteiger partial charge < -0.3 is 29.5 Å². The monoisotopic (exact) mass is 618 g/mol. The second kappa shape index (κ2) is 13.6. The Morgan fingerprint density at radius 2 is 1.75 bits per heavy atom. The average Bonchev–Trinajstić information content (AvgIpc) is 3.34. The van der Waals surface area contributed by atoms with Crippen LogP contribution < -0.4 is 0 Å². The number of aliphatic hydroxyl groups excluding tert-OH is 3. The number of hydrogen-bond donors (Lipinski definition) is 3. The average molecular weight is 619 g/mol. The summed E-state index contributed by atoms with van der Waals surface area (Å²) in [5.41, 5.74) is 2.13. The molecule has 7 nitrogen and oxygen atoms in total. The first-order chi connectivity index (χ1) is 20.8. The molecular weight excluding hydrogens is 556 g/mol. The molecule has 4 fully saturated rings. The molecule has 0 amide bonds. The number of carbonyl (C=O) groups excluding carboxylic acids is 1. The van der Waals surface area contributed by atoms with Crippen LogP contribution in [0.4, 0.5) is 0 Å². The van der Waals surface area contributed by atoms with E-state index in [2.05, 4.69) is 47.6 Å². The highest BCUT2D eigenvalue weighted by Gasteiger charge is 2.59. The van der Waals surface area contributed by atoms with Crippen molar-refractivity contribution < 1.29 is 34.3 Å². The smallest absolute Gasteiger partial charge is 0.302 e. The summed E-state index contributed by atoms with van der Waals surface area (Å²) >= 11 is 0. The van der Waals surface area contributed by atoms with Gasteiger partial charge in [0.25, 0.3) is 0 Å². The van der Waals surface area contributed by atoms with E-state index in [1.165, 1.54) is 57.4 Å². The van der Waals surface area contributed by atoms with Crippen LogP contribution in [0, 0.1) is 52.3 Å². The fraction of sp³-hybridized carbons (Fsp3) is 0.919. The van der Waals surface area contributed by atoms with Crippen LogP contribution in [0.1, 0.15) is 119 Å². The molecule has 252 valence electrons. The Morgan fingerprint density at radius 3 is 2.43 bits per heavy atom. The molecule has 0 aromatic rings. The first kappa shape index (κ1) is 34.3. The number of hydrogen-bond acceptors (Lipinski definition) is 7. The third-order valence-electron chi connectivity index (χ3n) is 13.7. The van der Waals surface area contributed by atoms with Gasteiger partial charge in [0.1, 0.15) is 31.0 Å². The molecule has 0 spiro atoms. The zero-order valence-corrected chi connectivity index (χ0v) is 28.5. The maximum absolute atomic E-state index is 11.3. The number of carbonyl (C=O) groups is 1. The summed E-state index contributed by atoms with van der Waals surface area (Å²) in [6.07, 6.45) is 9.58. The number of fused-ring (bicyclic) bond motifs is 5. The third kappa shape index (κ3) is 6.43. The quantitative estimate of drug-likeness (QED) is 0.192. The first-order valence-corrected chi connectivity index (χ1v) is 18.0. The van der Waals surface area contributed by atoms with E-state index in [-0.39, 0.29) is 18.1 Å². The molecule has 1 saturated heterocycles. The first-order valence-electron chi connectivity index (χ1n) is 18.0. The molecule has 0 radical (unpaired) electrons. The van der Waals surface area contributed by atoms with Crippen LogP contribution in [0.15, 0.2) is 11.6 Å². The van der Waals surface area contributed by atoms with Crippen LogP contribution in [0.2, 0.25) is 0 Å². The maximum atomic E-state index is 11.3. The largest absolute Gasteiger partial charge is 0.463 e. The van der Waals surface area contributed by atoms with Gasteiger partial charge in [0.2, 0.25) is 0 Å². The standard InChI is InChI=1S/C37H62O7/c1-8-24(21(2)3)10-9-22(4)28-13-14-29-27-12-11-25-19-26(15-17-36(25,6)30(27)16-18-37(28,29)7)43-35-34(41)33(40)32(39)31(44-35)20-42-23(5)38/h11,21-22,24,26-35,39-41H,8-10,12-20H2,1-7H3.